The van der Waals surface area contributed by atoms with Crippen LogP contribution in [0.25, 0.3) is 16.8 Å². The van der Waals surface area contributed by atoms with Crippen molar-refractivity contribution in [1.29, 1.82) is 0 Å². The Balaban J connectivity index is 1.43. The van der Waals surface area contributed by atoms with Crippen LogP contribution in [0.4, 0.5) is 19.0 Å². The fourth-order valence-corrected chi connectivity index (χ4v) is 4.88. The highest BCUT2D eigenvalue weighted by Gasteiger charge is 2.37. The first kappa shape index (κ1) is 25.6. The summed E-state index contributed by atoms with van der Waals surface area (Å²) in [5.41, 5.74) is 3.28. The van der Waals surface area contributed by atoms with E-state index in [0.29, 0.717) is 54.7 Å². The van der Waals surface area contributed by atoms with E-state index in [-0.39, 0.29) is 11.6 Å². The van der Waals surface area contributed by atoms with Gasteiger partial charge >= 0.3 is 12.6 Å². The first-order chi connectivity index (χ1) is 18.1. The van der Waals surface area contributed by atoms with Crippen molar-refractivity contribution in [3.05, 3.63) is 77.6 Å². The summed E-state index contributed by atoms with van der Waals surface area (Å²) in [6.45, 7) is 1.45. The summed E-state index contributed by atoms with van der Waals surface area (Å²) in [6, 6.07) is 11.7. The average molecular weight is 525 g/mol. The van der Waals surface area contributed by atoms with E-state index in [2.05, 4.69) is 9.97 Å². The van der Waals surface area contributed by atoms with Crippen molar-refractivity contribution in [2.24, 2.45) is 5.41 Å². The summed E-state index contributed by atoms with van der Waals surface area (Å²) < 4.78 is 47.5. The van der Waals surface area contributed by atoms with Crippen LogP contribution in [0, 0.1) is 18.2 Å². The number of fused-ring (bicyclic) bond motifs is 1. The first-order valence-electron chi connectivity index (χ1n) is 12.3. The molecule has 0 aliphatic carbocycles. The van der Waals surface area contributed by atoms with Gasteiger partial charge in [-0.05, 0) is 51.0 Å². The maximum absolute atomic E-state index is 15.2. The largest absolute Gasteiger partial charge is 0.481 e. The molecule has 10 heteroatoms. The number of piperidine rings is 1. The van der Waals surface area contributed by atoms with Crippen molar-refractivity contribution < 1.29 is 27.8 Å². The topological polar surface area (TPSA) is 80.0 Å². The van der Waals surface area contributed by atoms with Crippen LogP contribution < -0.4 is 9.64 Å². The van der Waals surface area contributed by atoms with Gasteiger partial charge in [-0.3, -0.25) is 4.79 Å². The van der Waals surface area contributed by atoms with E-state index in [1.165, 1.54) is 12.1 Å². The molecule has 1 aromatic carbocycles. The summed E-state index contributed by atoms with van der Waals surface area (Å²) in [5, 5.41) is 9.45. The highest BCUT2D eigenvalue weighted by Crippen LogP contribution is 2.34. The zero-order valence-electron chi connectivity index (χ0n) is 21.0. The molecule has 3 aromatic heterocycles. The van der Waals surface area contributed by atoms with Gasteiger partial charge in [0.1, 0.15) is 11.4 Å². The van der Waals surface area contributed by atoms with Gasteiger partial charge in [-0.2, -0.15) is 8.78 Å². The molecular formula is C28H27F3N4O3. The number of carboxylic acid groups (broad SMARTS) is 1. The smallest absolute Gasteiger partial charge is 0.387 e. The summed E-state index contributed by atoms with van der Waals surface area (Å²) in [6.07, 6.45) is 4.57. The zero-order chi connectivity index (χ0) is 27.0. The van der Waals surface area contributed by atoms with Crippen molar-refractivity contribution >= 4 is 17.4 Å². The van der Waals surface area contributed by atoms with E-state index in [9.17, 15) is 18.7 Å². The monoisotopic (exact) mass is 524 g/mol. The molecule has 0 bridgehead atoms. The van der Waals surface area contributed by atoms with E-state index in [1.807, 2.05) is 29.7 Å². The van der Waals surface area contributed by atoms with Crippen LogP contribution in [0.1, 0.15) is 36.7 Å². The average Bonchev–Trinajstić information content (AvgIpc) is 3.19. The van der Waals surface area contributed by atoms with Gasteiger partial charge in [0.15, 0.2) is 11.6 Å². The molecule has 0 radical (unpaired) electrons. The van der Waals surface area contributed by atoms with Crippen LogP contribution in [0.3, 0.4) is 0 Å². The minimum absolute atomic E-state index is 0.108. The third kappa shape index (κ3) is 4.90. The van der Waals surface area contributed by atoms with Crippen molar-refractivity contribution in [3.63, 3.8) is 0 Å². The number of hydrogen-bond acceptors (Lipinski definition) is 5. The van der Waals surface area contributed by atoms with Gasteiger partial charge in [-0.25, -0.2) is 14.4 Å². The number of carbonyl (C=O) groups is 1. The highest BCUT2D eigenvalue weighted by molar-refractivity contribution is 5.74. The number of aryl methyl sites for hydroxylation is 1. The number of anilines is 1. The van der Waals surface area contributed by atoms with E-state index >= 15 is 4.39 Å². The number of para-hydroxylation sites is 1. The number of halogens is 3. The molecule has 4 aromatic rings. The number of aliphatic carboxylic acids is 1. The number of carboxylic acids is 1. The van der Waals surface area contributed by atoms with Crippen LogP contribution in [-0.2, 0) is 11.2 Å². The number of nitrogens with zero attached hydrogens (tertiary/aromatic N) is 4. The number of aromatic nitrogens is 3. The molecule has 1 saturated heterocycles. The van der Waals surface area contributed by atoms with Crippen molar-refractivity contribution in [2.75, 3.05) is 18.0 Å². The maximum atomic E-state index is 15.2. The molecule has 7 nitrogen and oxygen atoms in total. The van der Waals surface area contributed by atoms with Gasteiger partial charge in [0.2, 0.25) is 0 Å². The van der Waals surface area contributed by atoms with Crippen LogP contribution in [0.5, 0.6) is 5.75 Å². The fraction of sp³-hybridized carbons (Fsp3) is 0.321. The van der Waals surface area contributed by atoms with Crippen molar-refractivity contribution in [3.8, 4) is 16.9 Å². The van der Waals surface area contributed by atoms with Crippen molar-refractivity contribution in [2.45, 2.75) is 39.7 Å². The van der Waals surface area contributed by atoms with E-state index in [0.717, 1.165) is 11.4 Å². The molecule has 1 aliphatic heterocycles. The molecule has 0 spiro atoms. The minimum Gasteiger partial charge on any atom is -0.481 e. The van der Waals surface area contributed by atoms with E-state index in [4.69, 9.17) is 4.74 Å². The second-order valence-corrected chi connectivity index (χ2v) is 9.84. The molecule has 0 amide bonds. The Kier molecular flexibility index (Phi) is 6.73. The van der Waals surface area contributed by atoms with Crippen molar-refractivity contribution in [1.82, 2.24) is 14.4 Å². The molecule has 0 atom stereocenters. The van der Waals surface area contributed by atoms with Gasteiger partial charge < -0.3 is 19.1 Å². The summed E-state index contributed by atoms with van der Waals surface area (Å²) in [4.78, 5) is 22.3. The van der Waals surface area contributed by atoms with Gasteiger partial charge in [0.25, 0.3) is 0 Å². The van der Waals surface area contributed by atoms with Crippen LogP contribution >= 0.6 is 0 Å². The second-order valence-electron chi connectivity index (χ2n) is 9.84. The molecule has 4 heterocycles. The summed E-state index contributed by atoms with van der Waals surface area (Å²) >= 11 is 0. The normalized spacial score (nSPS) is 15.3. The Morgan fingerprint density at radius 3 is 2.58 bits per heavy atom. The molecule has 1 aliphatic rings. The van der Waals surface area contributed by atoms with Gasteiger partial charge in [-0.1, -0.05) is 18.2 Å². The summed E-state index contributed by atoms with van der Waals surface area (Å²) in [7, 11) is 0. The molecule has 0 saturated carbocycles. The number of benzene rings is 1. The number of pyridine rings is 2. The standard InChI is InChI=1S/C28H27F3N4O3/c1-17-22(14-18-5-3-4-6-23(18)38-27(30)31)35-16-19(7-8-24(35)33-17)20-13-21(29)25(32-15-20)34-11-9-28(2,10-12-34)26(36)37/h3-8,13,15-16,27H,9-12,14H2,1-2H3,(H,36,37). The fourth-order valence-electron chi connectivity index (χ4n) is 4.88. The van der Waals surface area contributed by atoms with Crippen LogP contribution in [-0.4, -0.2) is 45.1 Å². The number of hydrogen-bond donors (Lipinski definition) is 1. The van der Waals surface area contributed by atoms with Gasteiger partial charge in [-0.15, -0.1) is 0 Å². The van der Waals surface area contributed by atoms with E-state index < -0.39 is 23.8 Å². The number of alkyl halides is 2. The predicted molar refractivity (Wildman–Crippen MR) is 136 cm³/mol. The molecule has 5 rings (SSSR count). The number of ether oxygens (including phenoxy) is 1. The zero-order valence-corrected chi connectivity index (χ0v) is 21.0. The quantitative estimate of drug-likeness (QED) is 0.333. The molecule has 38 heavy (non-hydrogen) atoms. The SMILES string of the molecule is Cc1nc2ccc(-c3cnc(N4CCC(C)(C(=O)O)CC4)c(F)c3)cn2c1Cc1ccccc1OC(F)F. The van der Waals surface area contributed by atoms with Gasteiger partial charge in [0, 0.05) is 54.3 Å². The molecule has 0 unspecified atom stereocenters. The lowest BCUT2D eigenvalue weighted by atomic mass is 9.80. The molecule has 198 valence electrons. The lowest BCUT2D eigenvalue weighted by Crippen LogP contribution is -2.43. The molecular weight excluding hydrogens is 497 g/mol. The Hall–Kier alpha value is -4.08. The van der Waals surface area contributed by atoms with Gasteiger partial charge in [0.05, 0.1) is 11.1 Å². The van der Waals surface area contributed by atoms with Crippen LogP contribution in [0.2, 0.25) is 0 Å². The predicted octanol–water partition coefficient (Wildman–Crippen LogP) is 5.73. The maximum Gasteiger partial charge on any atom is 0.387 e. The lowest BCUT2D eigenvalue weighted by molar-refractivity contribution is -0.149. The highest BCUT2D eigenvalue weighted by atomic mass is 19.3. The third-order valence-electron chi connectivity index (χ3n) is 7.30. The Bertz CT molecular complexity index is 1500. The first-order valence-corrected chi connectivity index (χ1v) is 12.3. The Labute approximate surface area is 217 Å². The van der Waals surface area contributed by atoms with E-state index in [1.54, 1.807) is 36.2 Å². The Morgan fingerprint density at radius 1 is 1.16 bits per heavy atom. The minimum atomic E-state index is -2.93. The third-order valence-corrected chi connectivity index (χ3v) is 7.30. The Morgan fingerprint density at radius 2 is 1.89 bits per heavy atom. The lowest BCUT2D eigenvalue weighted by Gasteiger charge is -2.37. The number of imidazole rings is 1. The molecule has 1 N–H and O–H groups in total. The van der Waals surface area contributed by atoms with Crippen LogP contribution in [0.15, 0.2) is 54.9 Å². The molecule has 1 fully saturated rings. The second kappa shape index (κ2) is 10.00. The number of rotatable bonds is 7. The summed E-state index contributed by atoms with van der Waals surface area (Å²) in [5.74, 6) is -1.01.